The molecule has 2 aromatic rings. The van der Waals surface area contributed by atoms with E-state index in [1.807, 2.05) is 43.1 Å². The Morgan fingerprint density at radius 2 is 2.11 bits per heavy atom. The lowest BCUT2D eigenvalue weighted by atomic mass is 10.0. The van der Waals surface area contributed by atoms with Gasteiger partial charge < -0.3 is 15.1 Å². The van der Waals surface area contributed by atoms with Crippen molar-refractivity contribution in [2.45, 2.75) is 19.4 Å². The molecule has 3 rings (SSSR count). The highest BCUT2D eigenvalue weighted by Crippen LogP contribution is 2.21. The van der Waals surface area contributed by atoms with E-state index in [-0.39, 0.29) is 12.0 Å². The molecule has 2 heterocycles. The molecule has 1 aliphatic heterocycles. The lowest BCUT2D eigenvalue weighted by Gasteiger charge is -2.17. The van der Waals surface area contributed by atoms with Gasteiger partial charge in [-0.2, -0.15) is 0 Å². The number of hydrogen-bond acceptors (Lipinski definition) is 5. The molecule has 1 atom stereocenters. The number of hydrogen-bond donors (Lipinski definition) is 2. The van der Waals surface area contributed by atoms with E-state index in [1.165, 1.54) is 11.3 Å². The standard InChI is InChI=1S/C19H21ClN4O2S/c1-3-24(2)18(21)13-6-4-12(5-7-13)15-10-14(26-23-15)11-22-19(25)16-8-9-17(20)27-16/h4-9,14,21H,3,10-11H2,1-2H3,(H,22,25). The van der Waals surface area contributed by atoms with Crippen LogP contribution < -0.4 is 5.32 Å². The minimum absolute atomic E-state index is 0.160. The van der Waals surface area contributed by atoms with Crippen LogP contribution in [0, 0.1) is 5.41 Å². The van der Waals surface area contributed by atoms with E-state index in [0.717, 1.165) is 23.4 Å². The molecule has 2 N–H and O–H groups in total. The average Bonchev–Trinajstić information content (AvgIpc) is 3.34. The third-order valence-corrected chi connectivity index (χ3v) is 5.60. The van der Waals surface area contributed by atoms with Crippen molar-refractivity contribution in [2.24, 2.45) is 5.16 Å². The van der Waals surface area contributed by atoms with Crippen molar-refractivity contribution in [2.75, 3.05) is 20.1 Å². The van der Waals surface area contributed by atoms with Gasteiger partial charge in [-0.1, -0.05) is 41.0 Å². The number of thiophene rings is 1. The van der Waals surface area contributed by atoms with Crippen molar-refractivity contribution in [1.29, 1.82) is 5.41 Å². The highest BCUT2D eigenvalue weighted by Gasteiger charge is 2.23. The van der Waals surface area contributed by atoms with Crippen molar-refractivity contribution in [3.63, 3.8) is 0 Å². The van der Waals surface area contributed by atoms with Gasteiger partial charge in [0.2, 0.25) is 0 Å². The molecule has 0 radical (unpaired) electrons. The maximum absolute atomic E-state index is 12.1. The highest BCUT2D eigenvalue weighted by atomic mass is 35.5. The Labute approximate surface area is 167 Å². The Balaban J connectivity index is 1.53. The van der Waals surface area contributed by atoms with Crippen molar-refractivity contribution >= 4 is 40.4 Å². The number of halogens is 1. The third-order valence-electron chi connectivity index (χ3n) is 4.37. The lowest BCUT2D eigenvalue weighted by molar-refractivity contribution is 0.0755. The van der Waals surface area contributed by atoms with Crippen LogP contribution in [0.15, 0.2) is 41.6 Å². The third kappa shape index (κ3) is 4.67. The van der Waals surface area contributed by atoms with Crippen LogP contribution in [0.4, 0.5) is 0 Å². The largest absolute Gasteiger partial charge is 0.390 e. The van der Waals surface area contributed by atoms with Gasteiger partial charge in [0.25, 0.3) is 5.91 Å². The van der Waals surface area contributed by atoms with Gasteiger partial charge in [-0.3, -0.25) is 10.2 Å². The summed E-state index contributed by atoms with van der Waals surface area (Å²) in [5.74, 6) is 0.329. The number of carbonyl (C=O) groups excluding carboxylic acids is 1. The van der Waals surface area contributed by atoms with E-state index in [0.29, 0.717) is 28.0 Å². The smallest absolute Gasteiger partial charge is 0.261 e. The number of benzene rings is 1. The summed E-state index contributed by atoms with van der Waals surface area (Å²) in [5, 5.41) is 15.1. The first-order valence-corrected chi connectivity index (χ1v) is 9.84. The van der Waals surface area contributed by atoms with Crippen LogP contribution in [0.2, 0.25) is 4.34 Å². The number of rotatable bonds is 6. The summed E-state index contributed by atoms with van der Waals surface area (Å²) in [6.07, 6.45) is 0.431. The molecule has 0 bridgehead atoms. The second-order valence-corrected chi connectivity index (χ2v) is 7.94. The van der Waals surface area contributed by atoms with Crippen LogP contribution in [0.3, 0.4) is 0 Å². The number of nitrogens with zero attached hydrogens (tertiary/aromatic N) is 2. The van der Waals surface area contributed by atoms with Gasteiger partial charge in [0.05, 0.1) is 21.5 Å². The van der Waals surface area contributed by atoms with Crippen LogP contribution in [0.1, 0.15) is 34.1 Å². The van der Waals surface area contributed by atoms with Gasteiger partial charge in [0, 0.05) is 25.6 Å². The fourth-order valence-electron chi connectivity index (χ4n) is 2.64. The molecule has 1 unspecified atom stereocenters. The monoisotopic (exact) mass is 404 g/mol. The summed E-state index contributed by atoms with van der Waals surface area (Å²) in [6.45, 7) is 3.18. The molecule has 0 saturated heterocycles. The molecule has 0 saturated carbocycles. The Morgan fingerprint density at radius 1 is 1.37 bits per heavy atom. The first-order chi connectivity index (χ1) is 13.0. The van der Waals surface area contributed by atoms with E-state index in [2.05, 4.69) is 10.5 Å². The first-order valence-electron chi connectivity index (χ1n) is 8.64. The van der Waals surface area contributed by atoms with Crippen LogP contribution in [0.25, 0.3) is 0 Å². The van der Waals surface area contributed by atoms with Crippen LogP contribution in [0.5, 0.6) is 0 Å². The maximum atomic E-state index is 12.1. The highest BCUT2D eigenvalue weighted by molar-refractivity contribution is 7.17. The van der Waals surface area contributed by atoms with Gasteiger partial charge in [-0.25, -0.2) is 0 Å². The van der Waals surface area contributed by atoms with Gasteiger partial charge >= 0.3 is 0 Å². The zero-order valence-corrected chi connectivity index (χ0v) is 16.7. The molecule has 1 aliphatic rings. The molecular formula is C19H21ClN4O2S. The molecule has 6 nitrogen and oxygen atoms in total. The summed E-state index contributed by atoms with van der Waals surface area (Å²) in [6, 6.07) is 11.1. The first kappa shape index (κ1) is 19.4. The summed E-state index contributed by atoms with van der Waals surface area (Å²) < 4.78 is 0.588. The van der Waals surface area contributed by atoms with E-state index in [1.54, 1.807) is 12.1 Å². The van der Waals surface area contributed by atoms with Crippen molar-refractivity contribution < 1.29 is 9.63 Å². The fourth-order valence-corrected chi connectivity index (χ4v) is 3.60. The molecular weight excluding hydrogens is 384 g/mol. The zero-order valence-electron chi connectivity index (χ0n) is 15.2. The molecule has 142 valence electrons. The Bertz CT molecular complexity index is 863. The summed E-state index contributed by atoms with van der Waals surface area (Å²) >= 11 is 7.10. The summed E-state index contributed by atoms with van der Waals surface area (Å²) in [4.78, 5) is 20.0. The molecule has 0 spiro atoms. The predicted octanol–water partition coefficient (Wildman–Crippen LogP) is 3.60. The Morgan fingerprint density at radius 3 is 2.74 bits per heavy atom. The van der Waals surface area contributed by atoms with Gasteiger partial charge in [-0.15, -0.1) is 11.3 Å². The van der Waals surface area contributed by atoms with Crippen LogP contribution in [-0.2, 0) is 4.84 Å². The number of amides is 1. The second kappa shape index (κ2) is 8.54. The van der Waals surface area contributed by atoms with Crippen molar-refractivity contribution in [3.8, 4) is 0 Å². The quantitative estimate of drug-likeness (QED) is 0.570. The molecule has 27 heavy (non-hydrogen) atoms. The molecule has 1 aromatic carbocycles. The number of nitrogens with one attached hydrogen (secondary N) is 2. The number of oxime groups is 1. The Hall–Kier alpha value is -2.38. The minimum atomic E-state index is -0.191. The van der Waals surface area contributed by atoms with Crippen molar-refractivity contribution in [1.82, 2.24) is 10.2 Å². The molecule has 1 amide bonds. The minimum Gasteiger partial charge on any atom is -0.390 e. The van der Waals surface area contributed by atoms with E-state index in [9.17, 15) is 4.79 Å². The SMILES string of the molecule is CCN(C)C(=N)c1ccc(C2=NOC(CNC(=O)c3ccc(Cl)s3)C2)cc1. The molecule has 8 heteroatoms. The summed E-state index contributed by atoms with van der Waals surface area (Å²) in [5.41, 5.74) is 2.67. The predicted molar refractivity (Wildman–Crippen MR) is 109 cm³/mol. The molecule has 0 aliphatic carbocycles. The normalized spacial score (nSPS) is 15.8. The topological polar surface area (TPSA) is 77.8 Å². The lowest BCUT2D eigenvalue weighted by Crippen LogP contribution is -2.31. The van der Waals surface area contributed by atoms with E-state index >= 15 is 0 Å². The van der Waals surface area contributed by atoms with E-state index < -0.39 is 0 Å². The van der Waals surface area contributed by atoms with Gasteiger partial charge in [0.15, 0.2) is 0 Å². The average molecular weight is 405 g/mol. The van der Waals surface area contributed by atoms with Crippen LogP contribution in [-0.4, -0.2) is 48.6 Å². The molecule has 0 fully saturated rings. The van der Waals surface area contributed by atoms with Gasteiger partial charge in [-0.05, 0) is 24.6 Å². The van der Waals surface area contributed by atoms with Crippen LogP contribution >= 0.6 is 22.9 Å². The Kier molecular flexibility index (Phi) is 6.13. The second-order valence-electron chi connectivity index (χ2n) is 6.22. The maximum Gasteiger partial charge on any atom is 0.261 e. The van der Waals surface area contributed by atoms with E-state index in [4.69, 9.17) is 21.8 Å². The molecule has 1 aromatic heterocycles. The fraction of sp³-hybridized carbons (Fsp3) is 0.316. The van der Waals surface area contributed by atoms with Gasteiger partial charge in [0.1, 0.15) is 11.9 Å². The zero-order chi connectivity index (χ0) is 19.4. The van der Waals surface area contributed by atoms with Crippen molar-refractivity contribution in [3.05, 3.63) is 56.7 Å². The number of carbonyl (C=O) groups is 1. The number of amidine groups is 1. The summed E-state index contributed by atoms with van der Waals surface area (Å²) in [7, 11) is 1.90.